The van der Waals surface area contributed by atoms with Crippen molar-refractivity contribution in [1.82, 2.24) is 0 Å². The van der Waals surface area contributed by atoms with E-state index in [4.69, 9.17) is 9.47 Å². The van der Waals surface area contributed by atoms with E-state index in [0.29, 0.717) is 17.5 Å². The van der Waals surface area contributed by atoms with E-state index in [1.54, 1.807) is 25.1 Å². The number of nitrogens with zero attached hydrogens (tertiary/aromatic N) is 1. The lowest BCUT2D eigenvalue weighted by molar-refractivity contribution is -0.401. The second kappa shape index (κ2) is 6.39. The molecule has 0 saturated carbocycles. The number of rotatable bonds is 5. The van der Waals surface area contributed by atoms with Crippen molar-refractivity contribution in [3.63, 3.8) is 0 Å². The smallest absolute Gasteiger partial charge is 0.345 e. The van der Waals surface area contributed by atoms with Crippen molar-refractivity contribution in [2.45, 2.75) is 6.92 Å². The van der Waals surface area contributed by atoms with Crippen molar-refractivity contribution in [2.75, 3.05) is 13.7 Å². The predicted octanol–water partition coefficient (Wildman–Crippen LogP) is 1.88. The van der Waals surface area contributed by atoms with Crippen molar-refractivity contribution >= 4 is 11.5 Å². The Labute approximate surface area is 104 Å². The van der Waals surface area contributed by atoms with E-state index in [1.807, 2.05) is 0 Å². The molecule has 96 valence electrons. The first kappa shape index (κ1) is 13.7. The summed E-state index contributed by atoms with van der Waals surface area (Å²) in [4.78, 5) is 21.5. The number of carbonyl (C=O) groups excluding carboxylic acids is 1. The maximum Gasteiger partial charge on any atom is 0.345 e. The van der Waals surface area contributed by atoms with Crippen molar-refractivity contribution in [3.05, 3.63) is 46.1 Å². The predicted molar refractivity (Wildman–Crippen MR) is 64.6 cm³/mol. The van der Waals surface area contributed by atoms with E-state index in [2.05, 4.69) is 0 Å². The zero-order valence-corrected chi connectivity index (χ0v) is 10.1. The highest BCUT2D eigenvalue weighted by atomic mass is 16.6. The van der Waals surface area contributed by atoms with Crippen molar-refractivity contribution in [2.24, 2.45) is 0 Å². The van der Waals surface area contributed by atoms with E-state index in [0.717, 1.165) is 0 Å². The van der Waals surface area contributed by atoms with Crippen LogP contribution >= 0.6 is 0 Å². The largest absolute Gasteiger partial charge is 0.497 e. The molecule has 0 radical (unpaired) electrons. The molecule has 0 spiro atoms. The number of ether oxygens (including phenoxy) is 2. The van der Waals surface area contributed by atoms with E-state index in [9.17, 15) is 14.9 Å². The van der Waals surface area contributed by atoms with Gasteiger partial charge in [0.2, 0.25) is 6.20 Å². The lowest BCUT2D eigenvalue weighted by Gasteiger charge is -2.06. The third-order valence-corrected chi connectivity index (χ3v) is 2.11. The SMILES string of the molecule is CCOC(=O)/C(=C\[N+](=O)[O-])c1cccc(OC)c1. The van der Waals surface area contributed by atoms with Gasteiger partial charge in [-0.1, -0.05) is 12.1 Å². The van der Waals surface area contributed by atoms with Crippen LogP contribution in [0.15, 0.2) is 30.5 Å². The van der Waals surface area contributed by atoms with Crippen molar-refractivity contribution < 1.29 is 19.2 Å². The minimum atomic E-state index is -0.734. The van der Waals surface area contributed by atoms with Crippen LogP contribution in [0.25, 0.3) is 5.57 Å². The summed E-state index contributed by atoms with van der Waals surface area (Å²) >= 11 is 0. The Balaban J connectivity index is 3.17. The Morgan fingerprint density at radius 1 is 1.50 bits per heavy atom. The topological polar surface area (TPSA) is 78.7 Å². The van der Waals surface area contributed by atoms with E-state index in [-0.39, 0.29) is 12.2 Å². The van der Waals surface area contributed by atoms with Gasteiger partial charge in [-0.15, -0.1) is 0 Å². The molecule has 0 N–H and O–H groups in total. The molecular weight excluding hydrogens is 238 g/mol. The molecule has 0 aliphatic carbocycles. The molecule has 18 heavy (non-hydrogen) atoms. The second-order valence-electron chi connectivity index (χ2n) is 3.28. The van der Waals surface area contributed by atoms with Crippen LogP contribution in [-0.4, -0.2) is 24.6 Å². The average molecular weight is 251 g/mol. The molecule has 1 aromatic carbocycles. The Kier molecular flexibility index (Phi) is 4.86. The Morgan fingerprint density at radius 2 is 2.22 bits per heavy atom. The van der Waals surface area contributed by atoms with Gasteiger partial charge in [-0.2, -0.15) is 0 Å². The fraction of sp³-hybridized carbons (Fsp3) is 0.250. The number of esters is 1. The molecule has 1 rings (SSSR count). The first-order valence-electron chi connectivity index (χ1n) is 5.25. The second-order valence-corrected chi connectivity index (χ2v) is 3.28. The maximum atomic E-state index is 11.6. The number of hydrogen-bond acceptors (Lipinski definition) is 5. The first-order chi connectivity index (χ1) is 8.58. The summed E-state index contributed by atoms with van der Waals surface area (Å²) in [5.74, 6) is -0.228. The highest BCUT2D eigenvalue weighted by Gasteiger charge is 2.17. The van der Waals surface area contributed by atoms with Crippen LogP contribution < -0.4 is 4.74 Å². The molecule has 0 amide bonds. The first-order valence-corrected chi connectivity index (χ1v) is 5.25. The van der Waals surface area contributed by atoms with Crippen LogP contribution in [0.3, 0.4) is 0 Å². The summed E-state index contributed by atoms with van der Waals surface area (Å²) in [6, 6.07) is 6.43. The number of methoxy groups -OCH3 is 1. The van der Waals surface area contributed by atoms with Crippen LogP contribution in [0.2, 0.25) is 0 Å². The normalized spacial score (nSPS) is 10.9. The zero-order chi connectivity index (χ0) is 13.5. The highest BCUT2D eigenvalue weighted by Crippen LogP contribution is 2.21. The van der Waals surface area contributed by atoms with Gasteiger partial charge in [0.25, 0.3) is 0 Å². The quantitative estimate of drug-likeness (QED) is 0.345. The van der Waals surface area contributed by atoms with Crippen LogP contribution in [-0.2, 0) is 9.53 Å². The molecule has 0 aliphatic rings. The fourth-order valence-corrected chi connectivity index (χ4v) is 1.35. The van der Waals surface area contributed by atoms with Gasteiger partial charge in [0.05, 0.1) is 18.6 Å². The molecular formula is C12H13NO5. The molecule has 0 fully saturated rings. The van der Waals surface area contributed by atoms with Crippen molar-refractivity contribution in [3.8, 4) is 5.75 Å². The molecule has 0 aromatic heterocycles. The minimum absolute atomic E-state index is 0.110. The van der Waals surface area contributed by atoms with Gasteiger partial charge in [0, 0.05) is 0 Å². The third-order valence-electron chi connectivity index (χ3n) is 2.11. The summed E-state index contributed by atoms with van der Waals surface area (Å²) in [6.07, 6.45) is 0.632. The van der Waals surface area contributed by atoms with Gasteiger partial charge in [0.15, 0.2) is 0 Å². The molecule has 6 heteroatoms. The lowest BCUT2D eigenvalue weighted by atomic mass is 10.1. The van der Waals surface area contributed by atoms with Crippen LogP contribution in [0.4, 0.5) is 0 Å². The van der Waals surface area contributed by atoms with Gasteiger partial charge in [0.1, 0.15) is 11.3 Å². The average Bonchev–Trinajstić information content (AvgIpc) is 2.36. The Morgan fingerprint density at radius 3 is 2.78 bits per heavy atom. The van der Waals surface area contributed by atoms with Crippen LogP contribution in [0, 0.1) is 10.1 Å². The number of nitro groups is 1. The Bertz CT molecular complexity index is 481. The van der Waals surface area contributed by atoms with Crippen LogP contribution in [0.1, 0.15) is 12.5 Å². The summed E-state index contributed by atoms with van der Waals surface area (Å²) in [5, 5.41) is 10.5. The van der Waals surface area contributed by atoms with Crippen LogP contribution in [0.5, 0.6) is 5.75 Å². The third kappa shape index (κ3) is 3.58. The van der Waals surface area contributed by atoms with E-state index in [1.165, 1.54) is 13.2 Å². The molecule has 0 atom stereocenters. The highest BCUT2D eigenvalue weighted by molar-refractivity contribution is 6.16. The molecule has 0 aliphatic heterocycles. The number of carbonyl (C=O) groups is 1. The zero-order valence-electron chi connectivity index (χ0n) is 10.1. The van der Waals surface area contributed by atoms with Gasteiger partial charge < -0.3 is 9.47 Å². The molecule has 1 aromatic rings. The van der Waals surface area contributed by atoms with Gasteiger partial charge >= 0.3 is 5.97 Å². The molecule has 0 heterocycles. The molecule has 0 bridgehead atoms. The summed E-state index contributed by atoms with van der Waals surface area (Å²) in [6.45, 7) is 1.78. The maximum absolute atomic E-state index is 11.6. The van der Waals surface area contributed by atoms with Gasteiger partial charge in [-0.25, -0.2) is 4.79 Å². The Hall–Kier alpha value is -2.37. The number of benzene rings is 1. The molecule has 0 saturated heterocycles. The molecule has 6 nitrogen and oxygen atoms in total. The molecule has 0 unspecified atom stereocenters. The van der Waals surface area contributed by atoms with E-state index >= 15 is 0 Å². The standard InChI is InChI=1S/C12H13NO5/c1-3-18-12(14)11(8-13(15)16)9-5-4-6-10(7-9)17-2/h4-8H,3H2,1-2H3/b11-8-. The summed E-state index contributed by atoms with van der Waals surface area (Å²) in [7, 11) is 1.47. The summed E-state index contributed by atoms with van der Waals surface area (Å²) in [5.41, 5.74) is 0.269. The lowest BCUT2D eigenvalue weighted by Crippen LogP contribution is -2.08. The minimum Gasteiger partial charge on any atom is -0.497 e. The van der Waals surface area contributed by atoms with E-state index < -0.39 is 10.9 Å². The van der Waals surface area contributed by atoms with Crippen molar-refractivity contribution in [1.29, 1.82) is 0 Å². The van der Waals surface area contributed by atoms with Gasteiger partial charge in [-0.3, -0.25) is 10.1 Å². The monoisotopic (exact) mass is 251 g/mol. The fourth-order valence-electron chi connectivity index (χ4n) is 1.35. The number of hydrogen-bond donors (Lipinski definition) is 0. The summed E-state index contributed by atoms with van der Waals surface area (Å²) < 4.78 is 9.78. The van der Waals surface area contributed by atoms with Gasteiger partial charge in [-0.05, 0) is 24.6 Å².